The molecule has 0 aliphatic carbocycles. The molecule has 192 valence electrons. The van der Waals surface area contributed by atoms with Gasteiger partial charge >= 0.3 is 12.4 Å². The summed E-state index contributed by atoms with van der Waals surface area (Å²) in [6, 6.07) is 1.58. The van der Waals surface area contributed by atoms with Gasteiger partial charge in [-0.2, -0.15) is 26.3 Å². The zero-order chi connectivity index (χ0) is 25.8. The Bertz CT molecular complexity index is 826. The predicted octanol–water partition coefficient (Wildman–Crippen LogP) is 7.47. The molecule has 0 aromatic heterocycles. The number of rotatable bonds is 13. The molecule has 0 unspecified atom stereocenters. The maximum Gasteiger partial charge on any atom is 0.416 e. The Balaban J connectivity index is 2.31. The molecule has 34 heavy (non-hydrogen) atoms. The Hall–Kier alpha value is -2.29. The van der Waals surface area contributed by atoms with E-state index in [0.29, 0.717) is 24.9 Å². The van der Waals surface area contributed by atoms with Gasteiger partial charge in [0.1, 0.15) is 0 Å². The number of allylic oxidation sites excluding steroid dienone is 3. The third kappa shape index (κ3) is 12.3. The maximum atomic E-state index is 13.1. The molecule has 1 N–H and O–H groups in total. The van der Waals surface area contributed by atoms with Gasteiger partial charge in [-0.05, 0) is 49.8 Å². The first kappa shape index (κ1) is 29.7. The minimum atomic E-state index is -4.89. The molecule has 0 bridgehead atoms. The van der Waals surface area contributed by atoms with Crippen LogP contribution in [0.5, 0.6) is 0 Å². The molecule has 1 aromatic carbocycles. The zero-order valence-electron chi connectivity index (χ0n) is 19.8. The van der Waals surface area contributed by atoms with Crippen LogP contribution in [0.3, 0.4) is 0 Å². The van der Waals surface area contributed by atoms with Gasteiger partial charge in [0.15, 0.2) is 0 Å². The normalized spacial score (nSPS) is 13.2. The first-order valence-corrected chi connectivity index (χ1v) is 11.3. The van der Waals surface area contributed by atoms with Crippen LogP contribution in [0, 0.1) is 5.92 Å². The van der Waals surface area contributed by atoms with Crippen LogP contribution in [0.1, 0.15) is 69.6 Å². The lowest BCUT2D eigenvalue weighted by Crippen LogP contribution is -2.25. The van der Waals surface area contributed by atoms with Crippen LogP contribution in [0.25, 0.3) is 0 Å². The highest BCUT2D eigenvalue weighted by molar-refractivity contribution is 5.87. The molecular formula is C25H33F6NO2. The lowest BCUT2D eigenvalue weighted by Gasteiger charge is -2.16. The van der Waals surface area contributed by atoms with Crippen molar-refractivity contribution in [2.45, 2.75) is 71.8 Å². The Morgan fingerprint density at radius 2 is 1.68 bits per heavy atom. The smallest absolute Gasteiger partial charge is 0.377 e. The van der Waals surface area contributed by atoms with Gasteiger partial charge in [-0.15, -0.1) is 0 Å². The molecule has 9 heteroatoms. The average Bonchev–Trinajstić information content (AvgIpc) is 2.73. The number of alkyl halides is 6. The standard InChI is InChI=1S/C25H33F6NO2/c1-18(2)16-32-23(33)13-10-19(3)9-7-5-4-6-8-14-34-17-20-11-12-21(24(26,27)28)15-22(20)25(29,30)31/h9-13,15,18H,4-8,14,16-17H2,1-3H3,(H,32,33)/b13-10+,19-9+. The summed E-state index contributed by atoms with van der Waals surface area (Å²) in [6.07, 6.45) is -0.310. The lowest BCUT2D eigenvalue weighted by molar-refractivity contribution is -0.143. The number of carbonyl (C=O) groups is 1. The number of halogens is 6. The van der Waals surface area contributed by atoms with Crippen molar-refractivity contribution in [3.8, 4) is 0 Å². The van der Waals surface area contributed by atoms with Crippen LogP contribution in [0.15, 0.2) is 42.0 Å². The molecule has 0 saturated carbocycles. The first-order chi connectivity index (χ1) is 15.8. The van der Waals surface area contributed by atoms with Crippen molar-refractivity contribution in [3.63, 3.8) is 0 Å². The van der Waals surface area contributed by atoms with E-state index in [0.717, 1.165) is 37.3 Å². The number of ether oxygens (including phenoxy) is 1. The van der Waals surface area contributed by atoms with E-state index in [9.17, 15) is 31.1 Å². The molecular weight excluding hydrogens is 460 g/mol. The molecule has 3 nitrogen and oxygen atoms in total. The van der Waals surface area contributed by atoms with E-state index in [2.05, 4.69) is 5.32 Å². The van der Waals surface area contributed by atoms with Gasteiger partial charge in [-0.1, -0.05) is 50.5 Å². The monoisotopic (exact) mass is 493 g/mol. The van der Waals surface area contributed by atoms with E-state index in [1.807, 2.05) is 26.8 Å². The first-order valence-electron chi connectivity index (χ1n) is 11.3. The van der Waals surface area contributed by atoms with Crippen molar-refractivity contribution in [3.05, 3.63) is 58.7 Å². The van der Waals surface area contributed by atoms with Crippen LogP contribution in [-0.2, 0) is 28.5 Å². The second kappa shape index (κ2) is 14.2. The van der Waals surface area contributed by atoms with Gasteiger partial charge in [0, 0.05) is 19.2 Å². The van der Waals surface area contributed by atoms with Gasteiger partial charge in [0.2, 0.25) is 5.91 Å². The van der Waals surface area contributed by atoms with E-state index in [-0.39, 0.29) is 24.1 Å². The van der Waals surface area contributed by atoms with Crippen molar-refractivity contribution in [1.82, 2.24) is 5.32 Å². The topological polar surface area (TPSA) is 38.3 Å². The minimum Gasteiger partial charge on any atom is -0.377 e. The molecule has 1 amide bonds. The third-order valence-electron chi connectivity index (χ3n) is 4.89. The second-order valence-electron chi connectivity index (χ2n) is 8.54. The Morgan fingerprint density at radius 1 is 1.00 bits per heavy atom. The van der Waals surface area contributed by atoms with Crippen molar-refractivity contribution < 1.29 is 35.9 Å². The fourth-order valence-corrected chi connectivity index (χ4v) is 3.00. The Labute approximate surface area is 197 Å². The average molecular weight is 494 g/mol. The fourth-order valence-electron chi connectivity index (χ4n) is 3.00. The number of unbranched alkanes of at least 4 members (excludes halogenated alkanes) is 4. The summed E-state index contributed by atoms with van der Waals surface area (Å²) in [4.78, 5) is 11.6. The van der Waals surface area contributed by atoms with Gasteiger partial charge in [-0.25, -0.2) is 0 Å². The maximum absolute atomic E-state index is 13.1. The van der Waals surface area contributed by atoms with Crippen molar-refractivity contribution in [1.29, 1.82) is 0 Å². The quantitative estimate of drug-likeness (QED) is 0.134. The molecule has 0 atom stereocenters. The molecule has 0 spiro atoms. The number of hydrogen-bond donors (Lipinski definition) is 1. The number of benzene rings is 1. The highest BCUT2D eigenvalue weighted by atomic mass is 19.4. The summed E-state index contributed by atoms with van der Waals surface area (Å²) < 4.78 is 82.8. The highest BCUT2D eigenvalue weighted by Gasteiger charge is 2.38. The summed E-state index contributed by atoms with van der Waals surface area (Å²) in [7, 11) is 0. The summed E-state index contributed by atoms with van der Waals surface area (Å²) in [5.74, 6) is 0.265. The second-order valence-corrected chi connectivity index (χ2v) is 8.54. The molecule has 0 aliphatic heterocycles. The van der Waals surface area contributed by atoms with E-state index in [1.165, 1.54) is 6.08 Å². The largest absolute Gasteiger partial charge is 0.416 e. The lowest BCUT2D eigenvalue weighted by atomic mass is 10.0. The SMILES string of the molecule is CC(/C=C/C(=O)NCC(C)C)=C\CCCCCCOCc1ccc(C(F)(F)F)cc1C(F)(F)F. The third-order valence-corrected chi connectivity index (χ3v) is 4.89. The minimum absolute atomic E-state index is 0.125. The van der Waals surface area contributed by atoms with Gasteiger partial charge < -0.3 is 10.1 Å². The van der Waals surface area contributed by atoms with E-state index >= 15 is 0 Å². The number of carbonyl (C=O) groups excluding carboxylic acids is 1. The number of amides is 1. The number of nitrogens with one attached hydrogen (secondary N) is 1. The molecule has 0 fully saturated rings. The van der Waals surface area contributed by atoms with E-state index in [4.69, 9.17) is 4.74 Å². The van der Waals surface area contributed by atoms with E-state index in [1.54, 1.807) is 6.08 Å². The molecule has 0 radical (unpaired) electrons. The molecule has 0 heterocycles. The fraction of sp³-hybridized carbons (Fsp3) is 0.560. The Kier molecular flexibility index (Phi) is 12.4. The molecule has 0 aliphatic rings. The van der Waals surface area contributed by atoms with Crippen molar-refractivity contribution in [2.75, 3.05) is 13.2 Å². The van der Waals surface area contributed by atoms with Gasteiger partial charge in [-0.3, -0.25) is 4.79 Å². The van der Waals surface area contributed by atoms with Crippen LogP contribution < -0.4 is 5.32 Å². The van der Waals surface area contributed by atoms with Gasteiger partial charge in [0.25, 0.3) is 0 Å². The van der Waals surface area contributed by atoms with Crippen LogP contribution >= 0.6 is 0 Å². The summed E-state index contributed by atoms with van der Waals surface area (Å²) in [5, 5.41) is 2.80. The van der Waals surface area contributed by atoms with Crippen LogP contribution in [0.4, 0.5) is 26.3 Å². The highest BCUT2D eigenvalue weighted by Crippen LogP contribution is 2.37. The molecule has 1 aromatic rings. The van der Waals surface area contributed by atoms with E-state index < -0.39 is 30.1 Å². The zero-order valence-corrected chi connectivity index (χ0v) is 19.8. The number of hydrogen-bond acceptors (Lipinski definition) is 2. The van der Waals surface area contributed by atoms with Crippen molar-refractivity contribution in [2.24, 2.45) is 5.92 Å². The predicted molar refractivity (Wildman–Crippen MR) is 120 cm³/mol. The Morgan fingerprint density at radius 3 is 2.29 bits per heavy atom. The molecule has 1 rings (SSSR count). The summed E-state index contributed by atoms with van der Waals surface area (Å²) >= 11 is 0. The van der Waals surface area contributed by atoms with Crippen LogP contribution in [-0.4, -0.2) is 19.1 Å². The summed E-state index contributed by atoms with van der Waals surface area (Å²) in [6.45, 7) is 6.40. The van der Waals surface area contributed by atoms with Crippen LogP contribution in [0.2, 0.25) is 0 Å². The summed E-state index contributed by atoms with van der Waals surface area (Å²) in [5.41, 5.74) is -1.99. The van der Waals surface area contributed by atoms with Gasteiger partial charge in [0.05, 0.1) is 17.7 Å². The van der Waals surface area contributed by atoms with Crippen molar-refractivity contribution >= 4 is 5.91 Å². The molecule has 0 saturated heterocycles.